The number of carbonyl (C=O) groups excluding carboxylic acids is 1. The molecular formula is C18H13N5O6S. The van der Waals surface area contributed by atoms with Crippen LogP contribution in [0.4, 0.5) is 5.69 Å². The average molecular weight is 427 g/mol. The van der Waals surface area contributed by atoms with Crippen LogP contribution in [0.5, 0.6) is 0 Å². The normalized spacial score (nSPS) is 10.8. The molecule has 0 unspecified atom stereocenters. The highest BCUT2D eigenvalue weighted by molar-refractivity contribution is 7.13. The topological polar surface area (TPSA) is 147 Å². The summed E-state index contributed by atoms with van der Waals surface area (Å²) in [7, 11) is 0. The third kappa shape index (κ3) is 4.55. The highest BCUT2D eigenvalue weighted by Gasteiger charge is 2.15. The van der Waals surface area contributed by atoms with Crippen LogP contribution >= 0.6 is 11.3 Å². The van der Waals surface area contributed by atoms with Gasteiger partial charge in [0.1, 0.15) is 0 Å². The first-order valence-electron chi connectivity index (χ1n) is 8.68. The molecule has 0 aliphatic carbocycles. The summed E-state index contributed by atoms with van der Waals surface area (Å²) >= 11 is 1.49. The molecule has 4 rings (SSSR count). The van der Waals surface area contributed by atoms with Crippen LogP contribution in [0.3, 0.4) is 0 Å². The van der Waals surface area contributed by atoms with Crippen LogP contribution in [0, 0.1) is 10.1 Å². The number of thiophene rings is 1. The molecule has 3 heterocycles. The number of nitro benzene ring substituents is 1. The Balaban J connectivity index is 1.27. The minimum absolute atomic E-state index is 0.0452. The molecule has 3 aromatic heterocycles. The molecule has 30 heavy (non-hydrogen) atoms. The fraction of sp³-hybridized carbons (Fsp3) is 0.167. The van der Waals surface area contributed by atoms with Crippen LogP contribution in [0.15, 0.2) is 50.7 Å². The van der Waals surface area contributed by atoms with Gasteiger partial charge in [-0.25, -0.2) is 0 Å². The number of nitrogens with zero attached hydrogens (tertiary/aromatic N) is 5. The number of aryl methyl sites for hydroxylation is 1. The molecule has 0 radical (unpaired) electrons. The maximum atomic E-state index is 11.9. The Morgan fingerprint density at radius 3 is 2.73 bits per heavy atom. The van der Waals surface area contributed by atoms with E-state index in [1.165, 1.54) is 35.6 Å². The number of esters is 1. The second-order valence-electron chi connectivity index (χ2n) is 5.95. The van der Waals surface area contributed by atoms with E-state index in [1.807, 2.05) is 17.5 Å². The van der Waals surface area contributed by atoms with E-state index in [-0.39, 0.29) is 36.9 Å². The van der Waals surface area contributed by atoms with Crippen LogP contribution in [0.1, 0.15) is 18.2 Å². The predicted molar refractivity (Wildman–Crippen MR) is 102 cm³/mol. The number of ether oxygens (including phenoxy) is 1. The van der Waals surface area contributed by atoms with Crippen molar-refractivity contribution in [1.82, 2.24) is 20.3 Å². The quantitative estimate of drug-likeness (QED) is 0.233. The van der Waals surface area contributed by atoms with Crippen molar-refractivity contribution in [2.75, 3.05) is 0 Å². The summed E-state index contributed by atoms with van der Waals surface area (Å²) in [4.78, 5) is 27.3. The number of non-ortho nitro benzene ring substituents is 1. The van der Waals surface area contributed by atoms with Crippen molar-refractivity contribution in [3.05, 3.63) is 63.7 Å². The third-order valence-electron chi connectivity index (χ3n) is 3.90. The lowest BCUT2D eigenvalue weighted by molar-refractivity contribution is -0.384. The molecule has 11 nitrogen and oxygen atoms in total. The molecule has 12 heteroatoms. The van der Waals surface area contributed by atoms with Crippen LogP contribution < -0.4 is 0 Å². The molecule has 0 atom stereocenters. The number of rotatable bonds is 8. The Hall–Kier alpha value is -3.93. The van der Waals surface area contributed by atoms with Crippen molar-refractivity contribution in [3.8, 4) is 22.2 Å². The van der Waals surface area contributed by atoms with Crippen molar-refractivity contribution < 1.29 is 23.4 Å². The fourth-order valence-electron chi connectivity index (χ4n) is 2.44. The van der Waals surface area contributed by atoms with Crippen molar-refractivity contribution in [2.45, 2.75) is 19.4 Å². The smallest absolute Gasteiger partial charge is 0.306 e. The van der Waals surface area contributed by atoms with Gasteiger partial charge in [-0.3, -0.25) is 14.9 Å². The zero-order valence-corrected chi connectivity index (χ0v) is 16.1. The summed E-state index contributed by atoms with van der Waals surface area (Å²) < 4.78 is 15.7. The molecular weight excluding hydrogens is 414 g/mol. The Kier molecular flexibility index (Phi) is 5.57. The number of carbonyl (C=O) groups is 1. The van der Waals surface area contributed by atoms with Gasteiger partial charge < -0.3 is 13.7 Å². The summed E-state index contributed by atoms with van der Waals surface area (Å²) in [6, 6.07) is 9.43. The van der Waals surface area contributed by atoms with E-state index in [0.29, 0.717) is 17.3 Å². The van der Waals surface area contributed by atoms with Crippen LogP contribution in [0.2, 0.25) is 0 Å². The number of hydrogen-bond donors (Lipinski definition) is 0. The minimum atomic E-state index is -0.500. The second kappa shape index (κ2) is 8.61. The maximum Gasteiger partial charge on any atom is 0.306 e. The lowest BCUT2D eigenvalue weighted by Gasteiger charge is -2.00. The Morgan fingerprint density at radius 1 is 1.17 bits per heavy atom. The molecule has 0 N–H and O–H groups in total. The number of hydrogen-bond acceptors (Lipinski definition) is 11. The Morgan fingerprint density at radius 2 is 2.00 bits per heavy atom. The van der Waals surface area contributed by atoms with Crippen molar-refractivity contribution in [2.24, 2.45) is 0 Å². The Bertz CT molecular complexity index is 1150. The molecule has 1 aromatic carbocycles. The van der Waals surface area contributed by atoms with Crippen LogP contribution in [-0.4, -0.2) is 31.2 Å². The molecule has 4 aromatic rings. The van der Waals surface area contributed by atoms with Gasteiger partial charge in [0.2, 0.25) is 17.6 Å². The number of nitro groups is 1. The van der Waals surface area contributed by atoms with Crippen molar-refractivity contribution in [3.63, 3.8) is 0 Å². The first kappa shape index (κ1) is 19.4. The molecule has 0 fully saturated rings. The van der Waals surface area contributed by atoms with Gasteiger partial charge in [0.15, 0.2) is 6.61 Å². The van der Waals surface area contributed by atoms with Gasteiger partial charge in [0.05, 0.1) is 16.2 Å². The predicted octanol–water partition coefficient (Wildman–Crippen LogP) is 3.43. The molecule has 0 saturated heterocycles. The van der Waals surface area contributed by atoms with E-state index < -0.39 is 10.9 Å². The van der Waals surface area contributed by atoms with Crippen LogP contribution in [-0.2, 0) is 22.6 Å². The molecule has 0 saturated carbocycles. The van der Waals surface area contributed by atoms with E-state index in [2.05, 4.69) is 20.3 Å². The summed E-state index contributed by atoms with van der Waals surface area (Å²) in [5.74, 6) is 0.616. The average Bonchev–Trinajstić information content (AvgIpc) is 3.52. The SMILES string of the molecule is O=C(CCc1nc(-c2cccs2)no1)OCc1nnc(-c2ccc([N+](=O)[O-])cc2)o1. The van der Waals surface area contributed by atoms with Gasteiger partial charge in [0.25, 0.3) is 11.6 Å². The summed E-state index contributed by atoms with van der Waals surface area (Å²) in [6.07, 6.45) is 0.296. The zero-order valence-electron chi connectivity index (χ0n) is 15.3. The maximum absolute atomic E-state index is 11.9. The van der Waals surface area contributed by atoms with Gasteiger partial charge in [-0.05, 0) is 23.6 Å². The monoisotopic (exact) mass is 427 g/mol. The van der Waals surface area contributed by atoms with E-state index >= 15 is 0 Å². The molecule has 0 spiro atoms. The molecule has 0 aliphatic heterocycles. The summed E-state index contributed by atoms with van der Waals surface area (Å²) in [5.41, 5.74) is 0.472. The first-order chi connectivity index (χ1) is 14.6. The van der Waals surface area contributed by atoms with E-state index in [0.717, 1.165) is 4.88 Å². The molecule has 0 amide bonds. The van der Waals surface area contributed by atoms with Gasteiger partial charge in [0, 0.05) is 24.1 Å². The van der Waals surface area contributed by atoms with Gasteiger partial charge >= 0.3 is 5.97 Å². The van der Waals surface area contributed by atoms with E-state index in [4.69, 9.17) is 13.7 Å². The molecule has 0 bridgehead atoms. The van der Waals surface area contributed by atoms with E-state index in [1.54, 1.807) is 0 Å². The van der Waals surface area contributed by atoms with Crippen molar-refractivity contribution >= 4 is 23.0 Å². The third-order valence-corrected chi connectivity index (χ3v) is 4.77. The van der Waals surface area contributed by atoms with E-state index in [9.17, 15) is 14.9 Å². The summed E-state index contributed by atoms with van der Waals surface area (Å²) in [6.45, 7) is -0.191. The molecule has 0 aliphatic rings. The molecule has 152 valence electrons. The highest BCUT2D eigenvalue weighted by Crippen LogP contribution is 2.22. The number of benzene rings is 1. The minimum Gasteiger partial charge on any atom is -0.456 e. The zero-order chi connectivity index (χ0) is 20.9. The highest BCUT2D eigenvalue weighted by atomic mass is 32.1. The lowest BCUT2D eigenvalue weighted by Crippen LogP contribution is -2.06. The standard InChI is InChI=1S/C18H13N5O6S/c24-16(8-7-14-19-17(22-29-14)13-2-1-9-30-13)27-10-15-20-21-18(28-15)11-3-5-12(6-4-11)23(25)26/h1-6,9H,7-8,10H2. The van der Waals surface area contributed by atoms with Gasteiger partial charge in [-0.1, -0.05) is 11.2 Å². The second-order valence-corrected chi connectivity index (χ2v) is 6.90. The fourth-order valence-corrected chi connectivity index (χ4v) is 3.09. The Labute approximate surface area is 172 Å². The number of aromatic nitrogens is 4. The lowest BCUT2D eigenvalue weighted by atomic mass is 10.2. The van der Waals surface area contributed by atoms with Crippen LogP contribution in [0.25, 0.3) is 22.2 Å². The summed E-state index contributed by atoms with van der Waals surface area (Å²) in [5, 5.41) is 24.1. The van der Waals surface area contributed by atoms with Gasteiger partial charge in [-0.15, -0.1) is 21.5 Å². The van der Waals surface area contributed by atoms with Gasteiger partial charge in [-0.2, -0.15) is 4.98 Å². The van der Waals surface area contributed by atoms with Crippen molar-refractivity contribution in [1.29, 1.82) is 0 Å². The largest absolute Gasteiger partial charge is 0.456 e. The first-order valence-corrected chi connectivity index (χ1v) is 9.56.